The second kappa shape index (κ2) is 5.55. The number of hydrogen-bond acceptors (Lipinski definition) is 1. The lowest BCUT2D eigenvalue weighted by atomic mass is 9.66. The van der Waals surface area contributed by atoms with Gasteiger partial charge in [-0.15, -0.1) is 0 Å². The van der Waals surface area contributed by atoms with E-state index in [0.717, 1.165) is 19.3 Å². The van der Waals surface area contributed by atoms with Crippen LogP contribution in [0.4, 0.5) is 0 Å². The highest BCUT2D eigenvalue weighted by Crippen LogP contribution is 2.43. The number of hydrogen-bond donors (Lipinski definition) is 1. The molecule has 0 radical (unpaired) electrons. The molecular weight excluding hydrogens is 222 g/mol. The van der Waals surface area contributed by atoms with Crippen molar-refractivity contribution in [1.29, 1.82) is 0 Å². The zero-order chi connectivity index (χ0) is 13.0. The summed E-state index contributed by atoms with van der Waals surface area (Å²) >= 11 is 0. The highest BCUT2D eigenvalue weighted by Gasteiger charge is 2.36. The minimum absolute atomic E-state index is 0.0106. The Morgan fingerprint density at radius 2 is 1.89 bits per heavy atom. The number of carbonyl (C=O) groups is 1. The van der Waals surface area contributed by atoms with E-state index in [1.54, 1.807) is 0 Å². The van der Waals surface area contributed by atoms with E-state index in [1.807, 2.05) is 0 Å². The van der Waals surface area contributed by atoms with Gasteiger partial charge in [0.25, 0.3) is 0 Å². The van der Waals surface area contributed by atoms with Crippen molar-refractivity contribution in [3.8, 4) is 0 Å². The van der Waals surface area contributed by atoms with Crippen molar-refractivity contribution in [2.24, 2.45) is 5.73 Å². The van der Waals surface area contributed by atoms with Crippen molar-refractivity contribution in [3.05, 3.63) is 35.4 Å². The molecule has 98 valence electrons. The van der Waals surface area contributed by atoms with Crippen LogP contribution in [0, 0.1) is 0 Å². The van der Waals surface area contributed by atoms with E-state index in [4.69, 9.17) is 5.73 Å². The Balaban J connectivity index is 2.41. The number of primary amides is 1. The molecule has 0 bridgehead atoms. The summed E-state index contributed by atoms with van der Waals surface area (Å²) in [4.78, 5) is 11.5. The zero-order valence-electron chi connectivity index (χ0n) is 11.2. The molecule has 1 aromatic carbocycles. The van der Waals surface area contributed by atoms with Gasteiger partial charge >= 0.3 is 0 Å². The fourth-order valence-electron chi connectivity index (χ4n) is 3.45. The minimum atomic E-state index is -0.164. The Hall–Kier alpha value is -1.31. The Labute approximate surface area is 110 Å². The van der Waals surface area contributed by atoms with Gasteiger partial charge in [-0.1, -0.05) is 50.5 Å². The van der Waals surface area contributed by atoms with Crippen LogP contribution in [0.5, 0.6) is 0 Å². The maximum Gasteiger partial charge on any atom is 0.218 e. The lowest BCUT2D eigenvalue weighted by Crippen LogP contribution is -2.35. The van der Waals surface area contributed by atoms with Crippen LogP contribution in [0.25, 0.3) is 0 Å². The number of nitrogens with two attached hydrogens (primary N) is 1. The Kier molecular flexibility index (Phi) is 4.05. The average Bonchev–Trinajstić information content (AvgIpc) is 2.39. The number of rotatable bonds is 4. The molecule has 0 unspecified atom stereocenters. The predicted molar refractivity (Wildman–Crippen MR) is 74.4 cm³/mol. The summed E-state index contributed by atoms with van der Waals surface area (Å²) in [6.45, 7) is 2.18. The van der Waals surface area contributed by atoms with Gasteiger partial charge in [-0.2, -0.15) is 0 Å². The molecule has 2 heteroatoms. The van der Waals surface area contributed by atoms with E-state index in [0.29, 0.717) is 6.42 Å². The van der Waals surface area contributed by atoms with Crippen molar-refractivity contribution in [3.63, 3.8) is 0 Å². The highest BCUT2D eigenvalue weighted by molar-refractivity contribution is 5.75. The second-order valence-corrected chi connectivity index (χ2v) is 5.49. The van der Waals surface area contributed by atoms with Gasteiger partial charge in [-0.3, -0.25) is 4.79 Å². The lowest BCUT2D eigenvalue weighted by molar-refractivity contribution is -0.119. The number of carbonyl (C=O) groups excluding carboxylic acids is 1. The molecule has 1 aromatic rings. The standard InChI is InChI=1S/C16H23NO/c1-2-13-8-4-5-9-14(13)16(12-15(17)18)10-6-3-7-11-16/h4-5,8-9H,2-3,6-7,10-12H2,1H3,(H2,17,18). The first-order chi connectivity index (χ1) is 8.68. The molecular formula is C16H23NO. The number of aryl methyl sites for hydroxylation is 1. The highest BCUT2D eigenvalue weighted by atomic mass is 16.1. The first kappa shape index (κ1) is 13.1. The Morgan fingerprint density at radius 1 is 1.22 bits per heavy atom. The van der Waals surface area contributed by atoms with Gasteiger partial charge in [-0.05, 0) is 30.4 Å². The molecule has 1 aliphatic rings. The fourth-order valence-corrected chi connectivity index (χ4v) is 3.45. The van der Waals surface area contributed by atoms with Gasteiger partial charge in [0.1, 0.15) is 0 Å². The molecule has 0 spiro atoms. The molecule has 1 fully saturated rings. The topological polar surface area (TPSA) is 43.1 Å². The largest absolute Gasteiger partial charge is 0.370 e. The molecule has 1 aliphatic carbocycles. The van der Waals surface area contributed by atoms with Crippen LogP contribution in [-0.4, -0.2) is 5.91 Å². The fraction of sp³-hybridized carbons (Fsp3) is 0.562. The third-order valence-electron chi connectivity index (χ3n) is 4.29. The van der Waals surface area contributed by atoms with E-state index in [2.05, 4.69) is 31.2 Å². The van der Waals surface area contributed by atoms with Crippen LogP contribution in [0.1, 0.15) is 56.6 Å². The van der Waals surface area contributed by atoms with Crippen molar-refractivity contribution in [2.75, 3.05) is 0 Å². The lowest BCUT2D eigenvalue weighted by Gasteiger charge is -2.38. The molecule has 0 aliphatic heterocycles. The summed E-state index contributed by atoms with van der Waals surface area (Å²) in [5, 5.41) is 0. The number of amides is 1. The van der Waals surface area contributed by atoms with Gasteiger partial charge in [0.05, 0.1) is 0 Å². The molecule has 18 heavy (non-hydrogen) atoms. The number of benzene rings is 1. The summed E-state index contributed by atoms with van der Waals surface area (Å²) in [5.41, 5.74) is 8.25. The van der Waals surface area contributed by atoms with Crippen LogP contribution < -0.4 is 5.73 Å². The van der Waals surface area contributed by atoms with E-state index in [1.165, 1.54) is 30.4 Å². The van der Waals surface area contributed by atoms with Gasteiger partial charge in [0.2, 0.25) is 5.91 Å². The maximum absolute atomic E-state index is 11.5. The second-order valence-electron chi connectivity index (χ2n) is 5.49. The van der Waals surface area contributed by atoms with E-state index in [9.17, 15) is 4.79 Å². The molecule has 0 heterocycles. The van der Waals surface area contributed by atoms with Gasteiger partial charge in [-0.25, -0.2) is 0 Å². The average molecular weight is 245 g/mol. The first-order valence-electron chi connectivity index (χ1n) is 7.05. The van der Waals surface area contributed by atoms with Crippen molar-refractivity contribution < 1.29 is 4.79 Å². The Bertz CT molecular complexity index is 419. The summed E-state index contributed by atoms with van der Waals surface area (Å²) in [6, 6.07) is 8.56. The van der Waals surface area contributed by atoms with E-state index in [-0.39, 0.29) is 11.3 Å². The van der Waals surface area contributed by atoms with Crippen LogP contribution in [0.2, 0.25) is 0 Å². The van der Waals surface area contributed by atoms with Gasteiger partial charge in [0.15, 0.2) is 0 Å². The van der Waals surface area contributed by atoms with Crippen molar-refractivity contribution in [2.45, 2.75) is 57.3 Å². The summed E-state index contributed by atoms with van der Waals surface area (Å²) in [7, 11) is 0. The van der Waals surface area contributed by atoms with Gasteiger partial charge in [0, 0.05) is 11.8 Å². The SMILES string of the molecule is CCc1ccccc1C1(CC(N)=O)CCCCC1. The van der Waals surface area contributed by atoms with E-state index >= 15 is 0 Å². The summed E-state index contributed by atoms with van der Waals surface area (Å²) in [5.74, 6) is -0.164. The molecule has 0 saturated heterocycles. The monoisotopic (exact) mass is 245 g/mol. The van der Waals surface area contributed by atoms with Crippen molar-refractivity contribution >= 4 is 5.91 Å². The molecule has 2 N–H and O–H groups in total. The maximum atomic E-state index is 11.5. The normalized spacial score (nSPS) is 18.5. The van der Waals surface area contributed by atoms with E-state index < -0.39 is 0 Å². The van der Waals surface area contributed by atoms with Crippen LogP contribution in [0.15, 0.2) is 24.3 Å². The molecule has 0 aromatic heterocycles. The smallest absolute Gasteiger partial charge is 0.218 e. The zero-order valence-corrected chi connectivity index (χ0v) is 11.2. The molecule has 1 amide bonds. The molecule has 0 atom stereocenters. The summed E-state index contributed by atoms with van der Waals surface area (Å²) in [6.07, 6.45) is 7.45. The predicted octanol–water partition coefficient (Wildman–Crippen LogP) is 3.33. The molecule has 1 saturated carbocycles. The summed E-state index contributed by atoms with van der Waals surface area (Å²) < 4.78 is 0. The quantitative estimate of drug-likeness (QED) is 0.868. The van der Waals surface area contributed by atoms with Gasteiger partial charge < -0.3 is 5.73 Å². The first-order valence-corrected chi connectivity index (χ1v) is 7.05. The van der Waals surface area contributed by atoms with Crippen LogP contribution >= 0.6 is 0 Å². The third-order valence-corrected chi connectivity index (χ3v) is 4.29. The molecule has 2 rings (SSSR count). The third kappa shape index (κ3) is 2.58. The van der Waals surface area contributed by atoms with Crippen LogP contribution in [0.3, 0.4) is 0 Å². The molecule has 2 nitrogen and oxygen atoms in total. The Morgan fingerprint density at radius 3 is 2.50 bits per heavy atom. The van der Waals surface area contributed by atoms with Crippen LogP contribution in [-0.2, 0) is 16.6 Å². The minimum Gasteiger partial charge on any atom is -0.370 e. The van der Waals surface area contributed by atoms with Crippen molar-refractivity contribution in [1.82, 2.24) is 0 Å².